The van der Waals surface area contributed by atoms with E-state index in [4.69, 9.17) is 13.3 Å². The topological polar surface area (TPSA) is 27.7 Å². The number of unbranched alkanes of at least 4 members (excludes halogenated alkanes) is 33. The van der Waals surface area contributed by atoms with Gasteiger partial charge in [-0.05, 0) is 43.6 Å². The predicted octanol–water partition coefficient (Wildman–Crippen LogP) is 17.8. The van der Waals surface area contributed by atoms with Crippen molar-refractivity contribution in [2.75, 3.05) is 19.8 Å². The number of rotatable bonds is 46. The molecule has 1 rings (SSSR count). The molecule has 0 amide bonds. The first-order valence-electron chi connectivity index (χ1n) is 24.7. The standard InChI is InChI=1S/C49H96O3SSi/c1-4-7-10-13-16-19-22-24-25-27-30-33-36-39-46-52-54(48-41-43-49-42-40-47-53-49,50-44-37-34-31-28-21-18-15-12-9-6-3)51-45-38-35-32-29-26-23-20-17-14-11-8-5-2/h40,42,47H,4-39,41,43-46,48H2,1-3H3. The lowest BCUT2D eigenvalue weighted by molar-refractivity contribution is 0.0547. The monoisotopic (exact) mass is 793 g/mol. The molecular formula is C49H96O3SSi. The minimum absolute atomic E-state index is 0.804. The van der Waals surface area contributed by atoms with Crippen LogP contribution in [0.25, 0.3) is 0 Å². The summed E-state index contributed by atoms with van der Waals surface area (Å²) < 4.78 is 20.5. The average Bonchev–Trinajstić information content (AvgIpc) is 3.71. The van der Waals surface area contributed by atoms with Crippen LogP contribution in [-0.2, 0) is 19.7 Å². The lowest BCUT2D eigenvalue weighted by Crippen LogP contribution is -2.46. The Morgan fingerprint density at radius 3 is 0.907 bits per heavy atom. The second-order valence-corrected chi connectivity index (χ2v) is 20.6. The van der Waals surface area contributed by atoms with Gasteiger partial charge >= 0.3 is 8.80 Å². The fourth-order valence-electron chi connectivity index (χ4n) is 7.79. The van der Waals surface area contributed by atoms with Crippen molar-refractivity contribution in [3.05, 3.63) is 22.4 Å². The summed E-state index contributed by atoms with van der Waals surface area (Å²) in [4.78, 5) is 1.47. The summed E-state index contributed by atoms with van der Waals surface area (Å²) in [5.74, 6) is 0. The van der Waals surface area contributed by atoms with Crippen LogP contribution in [0.1, 0.15) is 263 Å². The van der Waals surface area contributed by atoms with Crippen molar-refractivity contribution in [2.24, 2.45) is 0 Å². The third kappa shape index (κ3) is 35.0. The molecule has 0 saturated carbocycles. The van der Waals surface area contributed by atoms with Crippen LogP contribution in [0.15, 0.2) is 17.5 Å². The van der Waals surface area contributed by atoms with Crippen molar-refractivity contribution in [1.29, 1.82) is 0 Å². The van der Waals surface area contributed by atoms with Gasteiger partial charge < -0.3 is 13.3 Å². The lowest BCUT2D eigenvalue weighted by Gasteiger charge is -2.30. The van der Waals surface area contributed by atoms with E-state index in [0.717, 1.165) is 58.0 Å². The fourth-order valence-corrected chi connectivity index (χ4v) is 11.2. The summed E-state index contributed by atoms with van der Waals surface area (Å²) in [6, 6.07) is 5.42. The van der Waals surface area contributed by atoms with E-state index in [2.05, 4.69) is 38.3 Å². The van der Waals surface area contributed by atoms with Crippen LogP contribution in [0.2, 0.25) is 6.04 Å². The third-order valence-electron chi connectivity index (χ3n) is 11.4. The van der Waals surface area contributed by atoms with Crippen molar-refractivity contribution in [1.82, 2.24) is 0 Å². The molecule has 0 bridgehead atoms. The second-order valence-electron chi connectivity index (χ2n) is 16.8. The van der Waals surface area contributed by atoms with E-state index in [9.17, 15) is 0 Å². The van der Waals surface area contributed by atoms with Gasteiger partial charge in [-0.2, -0.15) is 0 Å². The Morgan fingerprint density at radius 1 is 0.370 bits per heavy atom. The van der Waals surface area contributed by atoms with E-state index in [1.165, 1.54) is 217 Å². The molecule has 1 atom stereocenters. The molecule has 0 aliphatic rings. The second kappa shape index (κ2) is 42.4. The molecular weight excluding hydrogens is 697 g/mol. The summed E-state index contributed by atoms with van der Waals surface area (Å²) in [6.45, 7) is 9.33. The molecule has 54 heavy (non-hydrogen) atoms. The van der Waals surface area contributed by atoms with E-state index in [1.807, 2.05) is 11.3 Å². The molecule has 0 N–H and O–H groups in total. The zero-order valence-electron chi connectivity index (χ0n) is 37.1. The maximum atomic E-state index is 6.85. The predicted molar refractivity (Wildman–Crippen MR) is 244 cm³/mol. The summed E-state index contributed by atoms with van der Waals surface area (Å²) in [5, 5.41) is 2.21. The number of hydrogen-bond acceptors (Lipinski definition) is 4. The van der Waals surface area contributed by atoms with Gasteiger partial charge in [0.25, 0.3) is 0 Å². The maximum Gasteiger partial charge on any atom is 0.500 e. The quantitative estimate of drug-likeness (QED) is 0.0486. The SMILES string of the molecule is CCCCCCCCCCCCCCCCO[Si](CCCc1cccs1)(OCCCCCCCCCCCC)OCCCCCCCCCCCCCC. The van der Waals surface area contributed by atoms with Gasteiger partial charge in [-0.1, -0.05) is 239 Å². The summed E-state index contributed by atoms with van der Waals surface area (Å²) in [5.41, 5.74) is 0. The largest absolute Gasteiger partial charge is 0.500 e. The number of thiophene rings is 1. The number of aryl methyl sites for hydroxylation is 1. The molecule has 0 saturated heterocycles. The molecule has 0 aliphatic carbocycles. The van der Waals surface area contributed by atoms with Crippen LogP contribution in [0.3, 0.4) is 0 Å². The first kappa shape index (κ1) is 51.8. The van der Waals surface area contributed by atoms with Crippen molar-refractivity contribution in [2.45, 2.75) is 271 Å². The Bertz CT molecular complexity index is 820. The van der Waals surface area contributed by atoms with Gasteiger partial charge in [0.2, 0.25) is 0 Å². The highest BCUT2D eigenvalue weighted by atomic mass is 32.1. The van der Waals surface area contributed by atoms with Crippen molar-refractivity contribution in [3.8, 4) is 0 Å². The minimum Gasteiger partial charge on any atom is -0.373 e. The Labute approximate surface area is 345 Å². The molecule has 0 fully saturated rings. The summed E-state index contributed by atoms with van der Waals surface area (Å²) in [7, 11) is -2.72. The van der Waals surface area contributed by atoms with E-state index in [1.54, 1.807) is 0 Å². The van der Waals surface area contributed by atoms with Crippen LogP contribution in [0.5, 0.6) is 0 Å². The molecule has 0 spiro atoms. The Morgan fingerprint density at radius 2 is 0.648 bits per heavy atom. The lowest BCUT2D eigenvalue weighted by atomic mass is 10.0. The molecule has 320 valence electrons. The maximum absolute atomic E-state index is 6.85. The van der Waals surface area contributed by atoms with Gasteiger partial charge in [0.1, 0.15) is 0 Å². The van der Waals surface area contributed by atoms with E-state index in [0.29, 0.717) is 0 Å². The molecule has 1 aromatic heterocycles. The zero-order valence-corrected chi connectivity index (χ0v) is 38.9. The molecule has 1 unspecified atom stereocenters. The van der Waals surface area contributed by atoms with Crippen LogP contribution >= 0.6 is 11.3 Å². The van der Waals surface area contributed by atoms with Crippen LogP contribution in [-0.4, -0.2) is 28.6 Å². The van der Waals surface area contributed by atoms with Crippen molar-refractivity contribution in [3.63, 3.8) is 0 Å². The first-order chi connectivity index (χ1) is 26.8. The summed E-state index contributed by atoms with van der Waals surface area (Å²) >= 11 is 1.88. The molecule has 3 nitrogen and oxygen atoms in total. The molecule has 1 aromatic rings. The highest BCUT2D eigenvalue weighted by molar-refractivity contribution is 7.09. The zero-order chi connectivity index (χ0) is 38.7. The number of hydrogen-bond donors (Lipinski definition) is 0. The Balaban J connectivity index is 2.49. The van der Waals surface area contributed by atoms with E-state index >= 15 is 0 Å². The van der Waals surface area contributed by atoms with Crippen molar-refractivity contribution < 1.29 is 13.3 Å². The fraction of sp³-hybridized carbons (Fsp3) is 0.918. The van der Waals surface area contributed by atoms with Gasteiger partial charge in [0, 0.05) is 30.7 Å². The molecule has 0 aromatic carbocycles. The molecule has 1 heterocycles. The van der Waals surface area contributed by atoms with Gasteiger partial charge in [0.15, 0.2) is 0 Å². The van der Waals surface area contributed by atoms with Crippen LogP contribution in [0, 0.1) is 0 Å². The van der Waals surface area contributed by atoms with Gasteiger partial charge in [-0.25, -0.2) is 0 Å². The van der Waals surface area contributed by atoms with Crippen LogP contribution in [0.4, 0.5) is 0 Å². The Hall–Kier alpha value is -0.203. The highest BCUT2D eigenvalue weighted by Crippen LogP contribution is 2.24. The van der Waals surface area contributed by atoms with Crippen molar-refractivity contribution >= 4 is 20.1 Å². The smallest absolute Gasteiger partial charge is 0.373 e. The van der Waals surface area contributed by atoms with Gasteiger partial charge in [-0.3, -0.25) is 0 Å². The molecule has 0 aliphatic heterocycles. The highest BCUT2D eigenvalue weighted by Gasteiger charge is 2.40. The van der Waals surface area contributed by atoms with Gasteiger partial charge in [0.05, 0.1) is 0 Å². The minimum atomic E-state index is -2.72. The average molecular weight is 793 g/mol. The van der Waals surface area contributed by atoms with E-state index in [-0.39, 0.29) is 0 Å². The van der Waals surface area contributed by atoms with Gasteiger partial charge in [-0.15, -0.1) is 11.3 Å². The molecule has 5 heteroatoms. The molecule has 0 radical (unpaired) electrons. The third-order valence-corrected chi connectivity index (χ3v) is 15.3. The first-order valence-corrected chi connectivity index (χ1v) is 27.5. The summed E-state index contributed by atoms with van der Waals surface area (Å²) in [6.07, 6.45) is 51.6. The van der Waals surface area contributed by atoms with E-state index < -0.39 is 8.80 Å². The van der Waals surface area contributed by atoms with Crippen LogP contribution < -0.4 is 0 Å². The normalized spacial score (nSPS) is 12.9. The Kier molecular flexibility index (Phi) is 40.7.